The molecule has 0 amide bonds. The molecule has 2 N–H and O–H groups in total. The molecule has 0 heterocycles. The summed E-state index contributed by atoms with van der Waals surface area (Å²) in [6.45, 7) is 1.71. The molecule has 1 aromatic rings. The first kappa shape index (κ1) is 9.86. The van der Waals surface area contributed by atoms with Gasteiger partial charge in [-0.05, 0) is 24.6 Å². The van der Waals surface area contributed by atoms with E-state index < -0.39 is 0 Å². The second kappa shape index (κ2) is 4.14. The maximum atomic E-state index is 9.12. The van der Waals surface area contributed by atoms with Crippen molar-refractivity contribution < 1.29 is 10.3 Å². The highest BCUT2D eigenvalue weighted by Gasteiger charge is 2.01. The second-order valence-electron chi connectivity index (χ2n) is 2.80. The van der Waals surface area contributed by atoms with E-state index in [4.69, 9.17) is 21.9 Å². The summed E-state index contributed by atoms with van der Waals surface area (Å²) in [5, 5.41) is 20.9. The van der Waals surface area contributed by atoms with E-state index in [0.717, 1.165) is 5.56 Å². The van der Waals surface area contributed by atoms with E-state index >= 15 is 0 Å². The van der Waals surface area contributed by atoms with Crippen molar-refractivity contribution in [3.05, 3.63) is 28.8 Å². The van der Waals surface area contributed by atoms with Crippen LogP contribution in [0.25, 0.3) is 0 Å². The van der Waals surface area contributed by atoms with Crippen LogP contribution in [0.15, 0.2) is 23.4 Å². The maximum Gasteiger partial charge on any atom is 0.134 e. The van der Waals surface area contributed by atoms with Gasteiger partial charge in [0.15, 0.2) is 0 Å². The number of hydrogen-bond acceptors (Lipinski definition) is 3. The van der Waals surface area contributed by atoms with Crippen molar-refractivity contribution in [3.8, 4) is 5.75 Å². The zero-order valence-electron chi connectivity index (χ0n) is 7.16. The van der Waals surface area contributed by atoms with Gasteiger partial charge in [-0.3, -0.25) is 0 Å². The normalized spacial score (nSPS) is 11.7. The van der Waals surface area contributed by atoms with E-state index in [1.54, 1.807) is 19.1 Å². The van der Waals surface area contributed by atoms with Crippen LogP contribution in [0.2, 0.25) is 5.02 Å². The number of halogens is 1. The zero-order valence-corrected chi connectivity index (χ0v) is 7.91. The Morgan fingerprint density at radius 1 is 1.54 bits per heavy atom. The van der Waals surface area contributed by atoms with Crippen LogP contribution in [0, 0.1) is 0 Å². The highest BCUT2D eigenvalue weighted by Crippen LogP contribution is 2.23. The highest BCUT2D eigenvalue weighted by atomic mass is 35.5. The Hall–Kier alpha value is -1.22. The van der Waals surface area contributed by atoms with Crippen LogP contribution in [-0.4, -0.2) is 16.0 Å². The lowest BCUT2D eigenvalue weighted by atomic mass is 10.1. The molecule has 70 valence electrons. The number of phenolic OH excluding ortho intramolecular Hbond substituents is 1. The Labute approximate surface area is 81.3 Å². The Morgan fingerprint density at radius 2 is 2.23 bits per heavy atom. The molecule has 4 heteroatoms. The van der Waals surface area contributed by atoms with Gasteiger partial charge >= 0.3 is 0 Å². The first-order valence-electron chi connectivity index (χ1n) is 3.78. The molecule has 0 aliphatic carbocycles. The third kappa shape index (κ3) is 2.63. The Kier molecular flexibility index (Phi) is 3.14. The van der Waals surface area contributed by atoms with Gasteiger partial charge in [0.25, 0.3) is 0 Å². The molecule has 0 spiro atoms. The van der Waals surface area contributed by atoms with Crippen LogP contribution in [0.5, 0.6) is 5.75 Å². The molecule has 3 nitrogen and oxygen atoms in total. The lowest BCUT2D eigenvalue weighted by Gasteiger charge is -2.01. The standard InChI is InChI=1S/C9H10ClNO2/c1-6(11-13)4-7-2-3-9(12)8(10)5-7/h2-3,5,12-13H,4H2,1H3/b11-6+. The van der Waals surface area contributed by atoms with Crippen molar-refractivity contribution in [1.82, 2.24) is 0 Å². The van der Waals surface area contributed by atoms with Gasteiger partial charge in [-0.1, -0.05) is 22.8 Å². The lowest BCUT2D eigenvalue weighted by Crippen LogP contribution is -1.96. The number of nitrogens with zero attached hydrogens (tertiary/aromatic N) is 1. The lowest BCUT2D eigenvalue weighted by molar-refractivity contribution is 0.317. The van der Waals surface area contributed by atoms with E-state index in [1.165, 1.54) is 6.07 Å². The molecule has 0 saturated carbocycles. The summed E-state index contributed by atoms with van der Waals surface area (Å²) in [7, 11) is 0. The fraction of sp³-hybridized carbons (Fsp3) is 0.222. The molecule has 1 aromatic carbocycles. The van der Waals surface area contributed by atoms with Crippen LogP contribution < -0.4 is 0 Å². The molecule has 0 radical (unpaired) electrons. The minimum absolute atomic E-state index is 0.0593. The number of oxime groups is 1. The molecule has 0 aliphatic rings. The van der Waals surface area contributed by atoms with Crippen LogP contribution in [0.4, 0.5) is 0 Å². The molecule has 13 heavy (non-hydrogen) atoms. The number of phenols is 1. The molecule has 0 unspecified atom stereocenters. The van der Waals surface area contributed by atoms with Gasteiger partial charge in [0.1, 0.15) is 5.75 Å². The first-order valence-corrected chi connectivity index (χ1v) is 4.16. The van der Waals surface area contributed by atoms with Crippen LogP contribution in [0.3, 0.4) is 0 Å². The van der Waals surface area contributed by atoms with Crippen LogP contribution >= 0.6 is 11.6 Å². The van der Waals surface area contributed by atoms with Crippen LogP contribution in [-0.2, 0) is 6.42 Å². The van der Waals surface area contributed by atoms with E-state index in [2.05, 4.69) is 5.16 Å². The van der Waals surface area contributed by atoms with Gasteiger partial charge < -0.3 is 10.3 Å². The zero-order chi connectivity index (χ0) is 9.84. The fourth-order valence-electron chi connectivity index (χ4n) is 0.991. The summed E-state index contributed by atoms with van der Waals surface area (Å²) < 4.78 is 0. The number of rotatable bonds is 2. The molecular formula is C9H10ClNO2. The van der Waals surface area contributed by atoms with E-state index in [0.29, 0.717) is 17.2 Å². The number of benzene rings is 1. The van der Waals surface area contributed by atoms with E-state index in [1.807, 2.05) is 0 Å². The van der Waals surface area contributed by atoms with Gasteiger partial charge in [-0.2, -0.15) is 0 Å². The second-order valence-corrected chi connectivity index (χ2v) is 3.21. The topological polar surface area (TPSA) is 52.8 Å². The maximum absolute atomic E-state index is 9.12. The van der Waals surface area contributed by atoms with Gasteiger partial charge in [0.05, 0.1) is 10.7 Å². The fourth-order valence-corrected chi connectivity index (χ4v) is 1.19. The summed E-state index contributed by atoms with van der Waals surface area (Å²) >= 11 is 5.69. The van der Waals surface area contributed by atoms with Gasteiger partial charge in [-0.25, -0.2) is 0 Å². The Balaban J connectivity index is 2.86. The minimum atomic E-state index is 0.0593. The smallest absolute Gasteiger partial charge is 0.134 e. The van der Waals surface area contributed by atoms with Crippen molar-refractivity contribution in [2.45, 2.75) is 13.3 Å². The molecule has 1 rings (SSSR count). The van der Waals surface area contributed by atoms with Crippen molar-refractivity contribution in [2.75, 3.05) is 0 Å². The number of hydrogen-bond donors (Lipinski definition) is 2. The predicted molar refractivity (Wildman–Crippen MR) is 51.7 cm³/mol. The first-order chi connectivity index (χ1) is 6.13. The van der Waals surface area contributed by atoms with Crippen molar-refractivity contribution in [2.24, 2.45) is 5.16 Å². The summed E-state index contributed by atoms with van der Waals surface area (Å²) in [5.41, 5.74) is 1.50. The van der Waals surface area contributed by atoms with Crippen LogP contribution in [0.1, 0.15) is 12.5 Å². The van der Waals surface area contributed by atoms with E-state index in [-0.39, 0.29) is 5.75 Å². The van der Waals surface area contributed by atoms with Crippen molar-refractivity contribution >= 4 is 17.3 Å². The Bertz CT molecular complexity index is 336. The quantitative estimate of drug-likeness (QED) is 0.437. The third-order valence-electron chi connectivity index (χ3n) is 1.64. The predicted octanol–water partition coefficient (Wildman–Crippen LogP) is 2.44. The molecular weight excluding hydrogens is 190 g/mol. The average molecular weight is 200 g/mol. The summed E-state index contributed by atoms with van der Waals surface area (Å²) in [6.07, 6.45) is 0.524. The van der Waals surface area contributed by atoms with Crippen molar-refractivity contribution in [1.29, 1.82) is 0 Å². The Morgan fingerprint density at radius 3 is 2.77 bits per heavy atom. The van der Waals surface area contributed by atoms with Gasteiger partial charge in [0.2, 0.25) is 0 Å². The number of aromatic hydroxyl groups is 1. The largest absolute Gasteiger partial charge is 0.506 e. The summed E-state index contributed by atoms with van der Waals surface area (Å²) in [4.78, 5) is 0. The van der Waals surface area contributed by atoms with Crippen molar-refractivity contribution in [3.63, 3.8) is 0 Å². The monoisotopic (exact) mass is 199 g/mol. The summed E-state index contributed by atoms with van der Waals surface area (Å²) in [5.74, 6) is 0.0593. The molecule has 0 bridgehead atoms. The van der Waals surface area contributed by atoms with Gasteiger partial charge in [0, 0.05) is 6.42 Å². The summed E-state index contributed by atoms with van der Waals surface area (Å²) in [6, 6.07) is 4.89. The molecule has 0 atom stereocenters. The average Bonchev–Trinajstić information content (AvgIpc) is 2.11. The molecule has 0 saturated heterocycles. The minimum Gasteiger partial charge on any atom is -0.506 e. The highest BCUT2D eigenvalue weighted by molar-refractivity contribution is 6.32. The SMILES string of the molecule is C/C(Cc1ccc(O)c(Cl)c1)=N\O. The molecule has 0 fully saturated rings. The molecule has 0 aliphatic heterocycles. The molecule has 0 aromatic heterocycles. The third-order valence-corrected chi connectivity index (χ3v) is 1.95. The van der Waals surface area contributed by atoms with E-state index in [9.17, 15) is 0 Å². The van der Waals surface area contributed by atoms with Gasteiger partial charge in [-0.15, -0.1) is 0 Å².